The Labute approximate surface area is 121 Å². The molecule has 4 heteroatoms. The van der Waals surface area contributed by atoms with Crippen LogP contribution in [0, 0.1) is 11.3 Å². The number of hydrogen-bond donors (Lipinski definition) is 1. The molecule has 3 fully saturated rings. The van der Waals surface area contributed by atoms with Crippen LogP contribution in [0.4, 0.5) is 0 Å². The van der Waals surface area contributed by atoms with E-state index in [0.29, 0.717) is 18.3 Å². The minimum atomic E-state index is -0.706. The minimum absolute atomic E-state index is 0.0306. The summed E-state index contributed by atoms with van der Waals surface area (Å²) >= 11 is 0. The molecular weight excluding hydrogens is 252 g/mol. The first-order valence-electron chi connectivity index (χ1n) is 8.09. The highest BCUT2D eigenvalue weighted by molar-refractivity contribution is 5.99. The molecule has 1 saturated heterocycles. The first kappa shape index (κ1) is 13.9. The molecular formula is C16H26N2O2. The Morgan fingerprint density at radius 2 is 1.90 bits per heavy atom. The summed E-state index contributed by atoms with van der Waals surface area (Å²) in [5.74, 6) is 0.965. The van der Waals surface area contributed by atoms with E-state index >= 15 is 0 Å². The van der Waals surface area contributed by atoms with Crippen LogP contribution in [0.15, 0.2) is 0 Å². The van der Waals surface area contributed by atoms with E-state index in [-0.39, 0.29) is 17.9 Å². The number of carbonyl (C=O) groups excluding carboxylic acids is 2. The second kappa shape index (κ2) is 4.47. The second-order valence-electron chi connectivity index (χ2n) is 7.17. The molecule has 3 rings (SSSR count). The Morgan fingerprint density at radius 1 is 1.25 bits per heavy atom. The lowest BCUT2D eigenvalue weighted by atomic mass is 9.89. The summed E-state index contributed by atoms with van der Waals surface area (Å²) in [6.07, 6.45) is 6.47. The lowest BCUT2D eigenvalue weighted by Gasteiger charge is -2.45. The van der Waals surface area contributed by atoms with Crippen molar-refractivity contribution in [3.63, 3.8) is 0 Å². The van der Waals surface area contributed by atoms with E-state index in [9.17, 15) is 9.59 Å². The largest absolute Gasteiger partial charge is 0.340 e. The van der Waals surface area contributed by atoms with Gasteiger partial charge in [-0.15, -0.1) is 0 Å². The van der Waals surface area contributed by atoms with E-state index in [1.807, 2.05) is 25.7 Å². The predicted octanol–water partition coefficient (Wildman–Crippen LogP) is 2.08. The van der Waals surface area contributed by atoms with E-state index < -0.39 is 5.54 Å². The molecule has 1 N–H and O–H groups in total. The van der Waals surface area contributed by atoms with Gasteiger partial charge in [0, 0.05) is 6.54 Å². The molecule has 2 saturated carbocycles. The van der Waals surface area contributed by atoms with Crippen molar-refractivity contribution in [2.75, 3.05) is 6.54 Å². The zero-order valence-electron chi connectivity index (χ0n) is 12.9. The maximum Gasteiger partial charge on any atom is 0.248 e. The van der Waals surface area contributed by atoms with Gasteiger partial charge in [-0.25, -0.2) is 0 Å². The summed E-state index contributed by atoms with van der Waals surface area (Å²) in [5, 5.41) is 2.94. The normalized spacial score (nSPS) is 36.0. The number of amides is 2. The van der Waals surface area contributed by atoms with E-state index in [1.54, 1.807) is 0 Å². The highest BCUT2D eigenvalue weighted by Crippen LogP contribution is 2.61. The number of piperazine rings is 1. The molecule has 2 unspecified atom stereocenters. The van der Waals surface area contributed by atoms with E-state index in [0.717, 1.165) is 12.5 Å². The van der Waals surface area contributed by atoms with Gasteiger partial charge in [0.1, 0.15) is 11.6 Å². The van der Waals surface area contributed by atoms with E-state index in [1.165, 1.54) is 25.7 Å². The lowest BCUT2D eigenvalue weighted by Crippen LogP contribution is -2.69. The smallest absolute Gasteiger partial charge is 0.248 e. The van der Waals surface area contributed by atoms with Gasteiger partial charge in [-0.2, -0.15) is 0 Å². The number of hydrogen-bond acceptors (Lipinski definition) is 2. The first-order valence-corrected chi connectivity index (χ1v) is 8.09. The molecule has 0 aromatic rings. The summed E-state index contributed by atoms with van der Waals surface area (Å²) < 4.78 is 0. The highest BCUT2D eigenvalue weighted by Gasteiger charge is 2.57. The van der Waals surface area contributed by atoms with Gasteiger partial charge in [-0.1, -0.05) is 13.8 Å². The number of nitrogens with one attached hydrogen (secondary N) is 1. The average molecular weight is 278 g/mol. The highest BCUT2D eigenvalue weighted by atomic mass is 16.2. The molecule has 0 spiro atoms. The summed E-state index contributed by atoms with van der Waals surface area (Å²) in [6, 6.07) is -0.265. The Morgan fingerprint density at radius 3 is 2.35 bits per heavy atom. The number of rotatable bonds is 5. The van der Waals surface area contributed by atoms with Crippen LogP contribution in [0.3, 0.4) is 0 Å². The fourth-order valence-corrected chi connectivity index (χ4v) is 3.73. The molecule has 3 aliphatic rings. The first-order chi connectivity index (χ1) is 9.46. The molecule has 0 bridgehead atoms. The van der Waals surface area contributed by atoms with Crippen LogP contribution < -0.4 is 5.32 Å². The van der Waals surface area contributed by atoms with Crippen molar-refractivity contribution in [2.45, 2.75) is 70.9 Å². The van der Waals surface area contributed by atoms with Gasteiger partial charge in [0.05, 0.1) is 0 Å². The van der Waals surface area contributed by atoms with Gasteiger partial charge in [0.25, 0.3) is 0 Å². The molecule has 1 heterocycles. The fourth-order valence-electron chi connectivity index (χ4n) is 3.73. The molecule has 2 aliphatic carbocycles. The Balaban J connectivity index is 1.83. The third-order valence-electron chi connectivity index (χ3n) is 5.73. The topological polar surface area (TPSA) is 49.4 Å². The predicted molar refractivity (Wildman–Crippen MR) is 77.0 cm³/mol. The Bertz CT molecular complexity index is 440. The third-order valence-corrected chi connectivity index (χ3v) is 5.73. The molecule has 0 radical (unpaired) electrons. The lowest BCUT2D eigenvalue weighted by molar-refractivity contribution is -0.155. The van der Waals surface area contributed by atoms with Crippen LogP contribution in [0.5, 0.6) is 0 Å². The molecule has 2 atom stereocenters. The number of carbonyl (C=O) groups is 2. The molecule has 4 nitrogen and oxygen atoms in total. The fraction of sp³-hybridized carbons (Fsp3) is 0.875. The molecule has 112 valence electrons. The summed E-state index contributed by atoms with van der Waals surface area (Å²) in [4.78, 5) is 27.1. The van der Waals surface area contributed by atoms with Gasteiger partial charge in [-0.05, 0) is 56.8 Å². The average Bonchev–Trinajstić information content (AvgIpc) is 3.27. The van der Waals surface area contributed by atoms with Crippen molar-refractivity contribution >= 4 is 11.8 Å². The van der Waals surface area contributed by atoms with Crippen molar-refractivity contribution in [2.24, 2.45) is 11.3 Å². The zero-order valence-corrected chi connectivity index (χ0v) is 12.9. The molecule has 0 aromatic heterocycles. The standard InChI is InChI=1S/C16H26N2O2/c1-4-12-13(19)17-15(3,5-2)14(20)18(12)10-16(8-9-16)11-6-7-11/h11-12H,4-10H2,1-3H3,(H,17,19). The van der Waals surface area contributed by atoms with Crippen molar-refractivity contribution < 1.29 is 9.59 Å². The summed E-state index contributed by atoms with van der Waals surface area (Å²) in [7, 11) is 0. The van der Waals surface area contributed by atoms with Crippen molar-refractivity contribution in [1.82, 2.24) is 10.2 Å². The maximum absolute atomic E-state index is 12.9. The molecule has 2 amide bonds. The van der Waals surface area contributed by atoms with Gasteiger partial charge in [0.15, 0.2) is 0 Å². The second-order valence-corrected chi connectivity index (χ2v) is 7.17. The van der Waals surface area contributed by atoms with Gasteiger partial charge >= 0.3 is 0 Å². The summed E-state index contributed by atoms with van der Waals surface area (Å²) in [5.41, 5.74) is -0.349. The Hall–Kier alpha value is -1.06. The van der Waals surface area contributed by atoms with E-state index in [4.69, 9.17) is 0 Å². The van der Waals surface area contributed by atoms with Crippen LogP contribution in [0.2, 0.25) is 0 Å². The van der Waals surface area contributed by atoms with Gasteiger partial charge < -0.3 is 10.2 Å². The molecule has 1 aliphatic heterocycles. The van der Waals surface area contributed by atoms with Crippen LogP contribution in [-0.2, 0) is 9.59 Å². The van der Waals surface area contributed by atoms with E-state index in [2.05, 4.69) is 5.32 Å². The summed E-state index contributed by atoms with van der Waals surface area (Å²) in [6.45, 7) is 6.63. The molecule has 0 aromatic carbocycles. The van der Waals surface area contributed by atoms with Crippen LogP contribution in [-0.4, -0.2) is 34.8 Å². The van der Waals surface area contributed by atoms with Crippen molar-refractivity contribution in [3.05, 3.63) is 0 Å². The van der Waals surface area contributed by atoms with Crippen LogP contribution in [0.1, 0.15) is 59.3 Å². The van der Waals surface area contributed by atoms with Gasteiger partial charge in [0.2, 0.25) is 11.8 Å². The zero-order chi connectivity index (χ0) is 14.5. The monoisotopic (exact) mass is 278 g/mol. The molecule has 20 heavy (non-hydrogen) atoms. The van der Waals surface area contributed by atoms with Crippen LogP contribution >= 0.6 is 0 Å². The maximum atomic E-state index is 12.9. The SMILES string of the molecule is CCC1C(=O)NC(C)(CC)C(=O)N1CC1(C2CC2)CC1. The van der Waals surface area contributed by atoms with Crippen molar-refractivity contribution in [3.8, 4) is 0 Å². The minimum Gasteiger partial charge on any atom is -0.340 e. The number of nitrogens with zero attached hydrogens (tertiary/aromatic N) is 1. The van der Waals surface area contributed by atoms with Crippen LogP contribution in [0.25, 0.3) is 0 Å². The third kappa shape index (κ3) is 2.04. The van der Waals surface area contributed by atoms with Gasteiger partial charge in [-0.3, -0.25) is 9.59 Å². The van der Waals surface area contributed by atoms with Crippen molar-refractivity contribution in [1.29, 1.82) is 0 Å². The quantitative estimate of drug-likeness (QED) is 0.837. The Kier molecular flexibility index (Phi) is 3.11.